The molecular formula is C18H16FNO2. The maximum absolute atomic E-state index is 13.3. The molecule has 0 spiro atoms. The van der Waals surface area contributed by atoms with E-state index in [0.29, 0.717) is 24.2 Å². The Morgan fingerprint density at radius 1 is 1.05 bits per heavy atom. The van der Waals surface area contributed by atoms with Gasteiger partial charge in [0, 0.05) is 31.1 Å². The van der Waals surface area contributed by atoms with E-state index in [0.717, 1.165) is 17.5 Å². The van der Waals surface area contributed by atoms with Gasteiger partial charge in [0.15, 0.2) is 5.78 Å². The number of ketones is 1. The number of fused-ring (bicyclic) bond motifs is 1. The monoisotopic (exact) mass is 297 g/mol. The molecule has 0 radical (unpaired) electrons. The quantitative estimate of drug-likeness (QED) is 0.799. The van der Waals surface area contributed by atoms with Gasteiger partial charge in [0.05, 0.1) is 0 Å². The lowest BCUT2D eigenvalue weighted by atomic mass is 9.94. The molecule has 3 rings (SSSR count). The number of hydrogen-bond donors (Lipinski definition) is 0. The van der Waals surface area contributed by atoms with E-state index in [2.05, 4.69) is 0 Å². The Morgan fingerprint density at radius 2 is 1.82 bits per heavy atom. The summed E-state index contributed by atoms with van der Waals surface area (Å²) < 4.78 is 13.3. The van der Waals surface area contributed by atoms with Crippen LogP contribution in [0.25, 0.3) is 0 Å². The molecule has 1 heterocycles. The molecule has 1 amide bonds. The summed E-state index contributed by atoms with van der Waals surface area (Å²) in [5.74, 6) is -0.596. The van der Waals surface area contributed by atoms with E-state index in [9.17, 15) is 14.0 Å². The van der Waals surface area contributed by atoms with Crippen molar-refractivity contribution in [1.82, 2.24) is 4.90 Å². The summed E-state index contributed by atoms with van der Waals surface area (Å²) in [7, 11) is 0. The van der Waals surface area contributed by atoms with Crippen LogP contribution in [0.1, 0.15) is 34.0 Å². The van der Waals surface area contributed by atoms with Crippen molar-refractivity contribution in [3.63, 3.8) is 0 Å². The van der Waals surface area contributed by atoms with Gasteiger partial charge in [-0.05, 0) is 35.7 Å². The second kappa shape index (κ2) is 5.72. The minimum absolute atomic E-state index is 0.0347. The SMILES string of the molecule is CC(=O)N1CCc2ccc(C(=O)c3cccc(F)c3)cc2C1. The van der Waals surface area contributed by atoms with Crippen molar-refractivity contribution in [3.8, 4) is 0 Å². The number of rotatable bonds is 2. The lowest BCUT2D eigenvalue weighted by Gasteiger charge is -2.28. The largest absolute Gasteiger partial charge is 0.338 e. The number of hydrogen-bond acceptors (Lipinski definition) is 2. The minimum atomic E-state index is -0.424. The van der Waals surface area contributed by atoms with E-state index in [1.807, 2.05) is 12.1 Å². The second-order valence-electron chi connectivity index (χ2n) is 5.51. The van der Waals surface area contributed by atoms with Crippen LogP contribution in [0, 0.1) is 5.82 Å². The van der Waals surface area contributed by atoms with Crippen molar-refractivity contribution >= 4 is 11.7 Å². The van der Waals surface area contributed by atoms with Crippen LogP contribution in [0.2, 0.25) is 0 Å². The fraction of sp³-hybridized carbons (Fsp3) is 0.222. The Labute approximate surface area is 128 Å². The molecule has 1 aliphatic rings. The molecule has 2 aromatic carbocycles. The normalized spacial score (nSPS) is 13.6. The maximum Gasteiger partial charge on any atom is 0.219 e. The number of nitrogens with zero attached hydrogens (tertiary/aromatic N) is 1. The topological polar surface area (TPSA) is 37.4 Å². The molecule has 0 aliphatic carbocycles. The standard InChI is InChI=1S/C18H16FNO2/c1-12(21)20-8-7-13-5-6-15(9-16(13)11-20)18(22)14-3-2-4-17(19)10-14/h2-6,9-10H,7-8,11H2,1H3. The third kappa shape index (κ3) is 2.77. The van der Waals surface area contributed by atoms with E-state index >= 15 is 0 Å². The Kier molecular flexibility index (Phi) is 3.75. The number of amides is 1. The third-order valence-electron chi connectivity index (χ3n) is 4.01. The molecule has 0 saturated carbocycles. The first-order valence-corrected chi connectivity index (χ1v) is 7.22. The highest BCUT2D eigenvalue weighted by atomic mass is 19.1. The van der Waals surface area contributed by atoms with Crippen LogP contribution < -0.4 is 0 Å². The van der Waals surface area contributed by atoms with Crippen LogP contribution in [0.5, 0.6) is 0 Å². The molecule has 0 N–H and O–H groups in total. The number of halogens is 1. The van der Waals surface area contributed by atoms with Gasteiger partial charge in [0.2, 0.25) is 5.91 Å². The summed E-state index contributed by atoms with van der Waals surface area (Å²) in [5, 5.41) is 0. The molecule has 4 heteroatoms. The van der Waals surface area contributed by atoms with E-state index in [1.54, 1.807) is 24.0 Å². The van der Waals surface area contributed by atoms with Crippen molar-refractivity contribution < 1.29 is 14.0 Å². The first-order chi connectivity index (χ1) is 10.5. The Hall–Kier alpha value is -2.49. The fourth-order valence-electron chi connectivity index (χ4n) is 2.76. The highest BCUT2D eigenvalue weighted by Gasteiger charge is 2.20. The Morgan fingerprint density at radius 3 is 2.55 bits per heavy atom. The van der Waals surface area contributed by atoms with Crippen LogP contribution in [0.15, 0.2) is 42.5 Å². The van der Waals surface area contributed by atoms with Crippen molar-refractivity contribution in [2.45, 2.75) is 19.9 Å². The van der Waals surface area contributed by atoms with Crippen LogP contribution in [0.3, 0.4) is 0 Å². The van der Waals surface area contributed by atoms with Crippen LogP contribution in [-0.2, 0) is 17.8 Å². The smallest absolute Gasteiger partial charge is 0.219 e. The summed E-state index contributed by atoms with van der Waals surface area (Å²) >= 11 is 0. The summed E-state index contributed by atoms with van der Waals surface area (Å²) in [5.41, 5.74) is 3.01. The van der Waals surface area contributed by atoms with E-state index in [-0.39, 0.29) is 11.7 Å². The third-order valence-corrected chi connectivity index (χ3v) is 4.01. The van der Waals surface area contributed by atoms with Crippen LogP contribution in [-0.4, -0.2) is 23.1 Å². The first-order valence-electron chi connectivity index (χ1n) is 7.22. The number of carbonyl (C=O) groups excluding carboxylic acids is 2. The van der Waals surface area contributed by atoms with Gasteiger partial charge in [-0.25, -0.2) is 4.39 Å². The molecule has 0 bridgehead atoms. The average molecular weight is 297 g/mol. The van der Waals surface area contributed by atoms with Gasteiger partial charge in [-0.1, -0.05) is 24.3 Å². The molecule has 0 aromatic heterocycles. The minimum Gasteiger partial charge on any atom is -0.338 e. The van der Waals surface area contributed by atoms with Gasteiger partial charge in [0.1, 0.15) is 5.82 Å². The van der Waals surface area contributed by atoms with Gasteiger partial charge >= 0.3 is 0 Å². The molecule has 112 valence electrons. The average Bonchev–Trinajstić information content (AvgIpc) is 2.53. The lowest BCUT2D eigenvalue weighted by molar-refractivity contribution is -0.129. The van der Waals surface area contributed by atoms with Gasteiger partial charge in [-0.3, -0.25) is 9.59 Å². The van der Waals surface area contributed by atoms with Gasteiger partial charge in [-0.2, -0.15) is 0 Å². The van der Waals surface area contributed by atoms with E-state index in [4.69, 9.17) is 0 Å². The van der Waals surface area contributed by atoms with Crippen LogP contribution >= 0.6 is 0 Å². The zero-order chi connectivity index (χ0) is 15.7. The zero-order valence-electron chi connectivity index (χ0n) is 12.3. The summed E-state index contributed by atoms with van der Waals surface area (Å²) in [6.45, 7) is 2.78. The predicted molar refractivity (Wildman–Crippen MR) is 81.1 cm³/mol. The fourth-order valence-corrected chi connectivity index (χ4v) is 2.76. The maximum atomic E-state index is 13.3. The van der Waals surface area contributed by atoms with Gasteiger partial charge in [0.25, 0.3) is 0 Å². The second-order valence-corrected chi connectivity index (χ2v) is 5.51. The lowest BCUT2D eigenvalue weighted by Crippen LogP contribution is -2.34. The zero-order valence-corrected chi connectivity index (χ0v) is 12.3. The molecule has 2 aromatic rings. The Bertz CT molecular complexity index is 755. The molecule has 0 saturated heterocycles. The summed E-state index contributed by atoms with van der Waals surface area (Å²) in [6, 6.07) is 11.2. The van der Waals surface area contributed by atoms with Crippen molar-refractivity contribution in [3.05, 3.63) is 70.5 Å². The summed E-state index contributed by atoms with van der Waals surface area (Å²) in [4.78, 5) is 25.7. The van der Waals surface area contributed by atoms with Gasteiger partial charge in [-0.15, -0.1) is 0 Å². The first kappa shape index (κ1) is 14.4. The van der Waals surface area contributed by atoms with E-state index in [1.165, 1.54) is 18.2 Å². The molecule has 1 aliphatic heterocycles. The highest BCUT2D eigenvalue weighted by Crippen LogP contribution is 2.22. The Balaban J connectivity index is 1.92. The molecular weight excluding hydrogens is 281 g/mol. The molecule has 0 unspecified atom stereocenters. The molecule has 0 atom stereocenters. The van der Waals surface area contributed by atoms with Crippen molar-refractivity contribution in [2.75, 3.05) is 6.54 Å². The number of benzene rings is 2. The molecule has 0 fully saturated rings. The van der Waals surface area contributed by atoms with Crippen LogP contribution in [0.4, 0.5) is 4.39 Å². The van der Waals surface area contributed by atoms with E-state index < -0.39 is 5.82 Å². The number of carbonyl (C=O) groups is 2. The predicted octanol–water partition coefficient (Wildman–Crippen LogP) is 2.96. The molecule has 3 nitrogen and oxygen atoms in total. The summed E-state index contributed by atoms with van der Waals surface area (Å²) in [6.07, 6.45) is 0.795. The highest BCUT2D eigenvalue weighted by molar-refractivity contribution is 6.09. The van der Waals surface area contributed by atoms with Crippen molar-refractivity contribution in [2.24, 2.45) is 0 Å². The molecule has 22 heavy (non-hydrogen) atoms. The van der Waals surface area contributed by atoms with Crippen molar-refractivity contribution in [1.29, 1.82) is 0 Å². The van der Waals surface area contributed by atoms with Gasteiger partial charge < -0.3 is 4.90 Å².